The first-order chi connectivity index (χ1) is 3.42. The Balaban J connectivity index is 3.75. The Kier molecular flexibility index (Phi) is 3.04. The fourth-order valence-corrected chi connectivity index (χ4v) is 1.58. The number of rotatable bonds is 2. The van der Waals surface area contributed by atoms with Crippen LogP contribution < -0.4 is 5.14 Å². The molecule has 0 saturated heterocycles. The molecule has 0 aromatic heterocycles. The minimum Gasteiger partial charge on any atom is -0.229 e. The van der Waals surface area contributed by atoms with Gasteiger partial charge in [-0.3, -0.25) is 0 Å². The molecule has 0 bridgehead atoms. The maximum absolute atomic E-state index is 10.1. The van der Waals surface area contributed by atoms with Gasteiger partial charge in [-0.05, 0) is 0 Å². The van der Waals surface area contributed by atoms with Crippen LogP contribution in [-0.2, 0) is 10.0 Å². The lowest BCUT2D eigenvalue weighted by atomic mass is 10.9. The first-order valence-corrected chi connectivity index (χ1v) is 4.29. The summed E-state index contributed by atoms with van der Waals surface area (Å²) in [6.45, 7) is 0. The highest BCUT2D eigenvalue weighted by Gasteiger charge is 2.08. The molecular formula is C2H5Cl2NO2S. The number of nitrogens with two attached hydrogens (primary N) is 1. The molecule has 0 spiro atoms. The second-order valence-corrected chi connectivity index (χ2v) is 4.16. The van der Waals surface area contributed by atoms with E-state index in [0.717, 1.165) is 0 Å². The number of hydrogen-bond donors (Lipinski definition) is 1. The number of alkyl halides is 2. The number of hydrogen-bond acceptors (Lipinski definition) is 2. The summed E-state index contributed by atoms with van der Waals surface area (Å²) in [6.07, 6.45) is 0. The molecule has 0 fully saturated rings. The summed E-state index contributed by atoms with van der Waals surface area (Å²) in [5.74, 6) is -0.393. The Morgan fingerprint density at radius 1 is 1.50 bits per heavy atom. The van der Waals surface area contributed by atoms with Crippen molar-refractivity contribution in [3.8, 4) is 0 Å². The van der Waals surface area contributed by atoms with Crippen molar-refractivity contribution in [1.82, 2.24) is 0 Å². The van der Waals surface area contributed by atoms with Crippen LogP contribution in [0.4, 0.5) is 0 Å². The van der Waals surface area contributed by atoms with E-state index in [2.05, 4.69) is 5.14 Å². The molecule has 0 heterocycles. The minimum absolute atomic E-state index is 0.393. The lowest BCUT2D eigenvalue weighted by Crippen LogP contribution is -2.20. The molecule has 0 atom stereocenters. The molecule has 0 rings (SSSR count). The van der Waals surface area contributed by atoms with E-state index in [1.165, 1.54) is 0 Å². The normalized spacial score (nSPS) is 12.5. The van der Waals surface area contributed by atoms with Gasteiger partial charge in [0.2, 0.25) is 10.0 Å². The number of primary sulfonamides is 1. The Labute approximate surface area is 57.8 Å². The van der Waals surface area contributed by atoms with E-state index in [-0.39, 0.29) is 0 Å². The van der Waals surface area contributed by atoms with Gasteiger partial charge in [0.05, 0.1) is 5.75 Å². The van der Waals surface area contributed by atoms with Crippen LogP contribution in [0, 0.1) is 0 Å². The Morgan fingerprint density at radius 3 is 1.88 bits per heavy atom. The second-order valence-electron chi connectivity index (χ2n) is 1.22. The molecule has 0 aliphatic heterocycles. The minimum atomic E-state index is -3.49. The molecule has 0 radical (unpaired) electrons. The lowest BCUT2D eigenvalue weighted by Gasteiger charge is -1.94. The average molecular weight is 178 g/mol. The van der Waals surface area contributed by atoms with Gasteiger partial charge in [0, 0.05) is 0 Å². The zero-order valence-corrected chi connectivity index (χ0v) is 6.17. The van der Waals surface area contributed by atoms with Crippen molar-refractivity contribution in [2.45, 2.75) is 4.84 Å². The SMILES string of the molecule is NS(=O)(=O)CC(Cl)Cl. The molecule has 0 unspecified atom stereocenters. The van der Waals surface area contributed by atoms with Gasteiger partial charge in [-0.15, -0.1) is 23.2 Å². The smallest absolute Gasteiger partial charge is 0.211 e. The van der Waals surface area contributed by atoms with Gasteiger partial charge < -0.3 is 0 Å². The molecule has 0 aliphatic carbocycles. The Bertz CT molecular complexity index is 151. The van der Waals surface area contributed by atoms with Crippen LogP contribution in [0.25, 0.3) is 0 Å². The molecule has 2 N–H and O–H groups in total. The standard InChI is InChI=1S/C2H5Cl2NO2S/c3-2(4)1-8(5,6)7/h2H,1H2,(H2,5,6,7). The maximum Gasteiger partial charge on any atom is 0.211 e. The summed E-state index contributed by atoms with van der Waals surface area (Å²) in [7, 11) is -3.49. The predicted molar refractivity (Wildman–Crippen MR) is 33.5 cm³/mol. The van der Waals surface area contributed by atoms with Gasteiger partial charge in [-0.25, -0.2) is 13.6 Å². The van der Waals surface area contributed by atoms with Crippen LogP contribution in [0.2, 0.25) is 0 Å². The second kappa shape index (κ2) is 2.87. The molecule has 50 valence electrons. The predicted octanol–water partition coefficient (Wildman–Crippen LogP) is 0.0786. The summed E-state index contributed by atoms with van der Waals surface area (Å²) in [6, 6.07) is 0. The van der Waals surface area contributed by atoms with Crippen LogP contribution >= 0.6 is 23.2 Å². The third-order valence-electron chi connectivity index (χ3n) is 0.358. The van der Waals surface area contributed by atoms with E-state index >= 15 is 0 Å². The van der Waals surface area contributed by atoms with E-state index < -0.39 is 20.6 Å². The maximum atomic E-state index is 10.1. The van der Waals surface area contributed by atoms with Crippen molar-refractivity contribution in [1.29, 1.82) is 0 Å². The van der Waals surface area contributed by atoms with E-state index in [1.807, 2.05) is 0 Å². The van der Waals surface area contributed by atoms with Crippen LogP contribution in [0.5, 0.6) is 0 Å². The third kappa shape index (κ3) is 6.49. The summed E-state index contributed by atoms with van der Waals surface area (Å²) < 4.78 is 20.1. The molecule has 3 nitrogen and oxygen atoms in total. The van der Waals surface area contributed by atoms with Gasteiger partial charge in [0.15, 0.2) is 0 Å². The molecular weight excluding hydrogens is 173 g/mol. The van der Waals surface area contributed by atoms with Crippen molar-refractivity contribution in [2.75, 3.05) is 5.75 Å². The quantitative estimate of drug-likeness (QED) is 0.608. The van der Waals surface area contributed by atoms with Gasteiger partial charge in [0.25, 0.3) is 0 Å². The van der Waals surface area contributed by atoms with Crippen LogP contribution in [-0.4, -0.2) is 19.0 Å². The van der Waals surface area contributed by atoms with Crippen molar-refractivity contribution in [3.05, 3.63) is 0 Å². The first kappa shape index (κ1) is 8.49. The van der Waals surface area contributed by atoms with Gasteiger partial charge in [-0.2, -0.15) is 0 Å². The average Bonchev–Trinajstić information content (AvgIpc) is 1.21. The highest BCUT2D eigenvalue weighted by atomic mass is 35.5. The van der Waals surface area contributed by atoms with Crippen molar-refractivity contribution in [2.24, 2.45) is 5.14 Å². The summed E-state index contributed by atoms with van der Waals surface area (Å²) in [4.78, 5) is -0.926. The van der Waals surface area contributed by atoms with Gasteiger partial charge in [-0.1, -0.05) is 0 Å². The fraction of sp³-hybridized carbons (Fsp3) is 1.00. The van der Waals surface area contributed by atoms with Crippen LogP contribution in [0.3, 0.4) is 0 Å². The van der Waals surface area contributed by atoms with E-state index in [0.29, 0.717) is 0 Å². The van der Waals surface area contributed by atoms with E-state index in [4.69, 9.17) is 23.2 Å². The van der Waals surface area contributed by atoms with Crippen LogP contribution in [0.15, 0.2) is 0 Å². The van der Waals surface area contributed by atoms with Crippen molar-refractivity contribution >= 4 is 33.2 Å². The number of sulfonamides is 1. The molecule has 6 heteroatoms. The van der Waals surface area contributed by atoms with E-state index in [9.17, 15) is 8.42 Å². The summed E-state index contributed by atoms with van der Waals surface area (Å²) >= 11 is 10.1. The fourth-order valence-electron chi connectivity index (χ4n) is 0.176. The lowest BCUT2D eigenvalue weighted by molar-refractivity contribution is 0.598. The van der Waals surface area contributed by atoms with E-state index in [1.54, 1.807) is 0 Å². The third-order valence-corrected chi connectivity index (χ3v) is 1.83. The van der Waals surface area contributed by atoms with Crippen LogP contribution in [0.1, 0.15) is 0 Å². The Morgan fingerprint density at radius 2 is 1.88 bits per heavy atom. The van der Waals surface area contributed by atoms with Crippen molar-refractivity contribution in [3.63, 3.8) is 0 Å². The molecule has 0 aromatic carbocycles. The zero-order valence-electron chi connectivity index (χ0n) is 3.84. The monoisotopic (exact) mass is 177 g/mol. The zero-order chi connectivity index (χ0) is 6.78. The Hall–Kier alpha value is 0.490. The summed E-state index contributed by atoms with van der Waals surface area (Å²) in [5, 5.41) is 4.54. The molecule has 8 heavy (non-hydrogen) atoms. The topological polar surface area (TPSA) is 60.2 Å². The largest absolute Gasteiger partial charge is 0.229 e. The summed E-state index contributed by atoms with van der Waals surface area (Å²) in [5.41, 5.74) is 0. The molecule has 0 aromatic rings. The van der Waals surface area contributed by atoms with Crippen molar-refractivity contribution < 1.29 is 8.42 Å². The molecule has 0 amide bonds. The number of halogens is 2. The molecule has 0 saturated carbocycles. The van der Waals surface area contributed by atoms with Gasteiger partial charge >= 0.3 is 0 Å². The molecule has 0 aliphatic rings. The highest BCUT2D eigenvalue weighted by molar-refractivity contribution is 7.89. The van der Waals surface area contributed by atoms with Gasteiger partial charge in [0.1, 0.15) is 4.84 Å². The highest BCUT2D eigenvalue weighted by Crippen LogP contribution is 2.01. The first-order valence-electron chi connectivity index (χ1n) is 1.70.